The van der Waals surface area contributed by atoms with E-state index in [1.165, 1.54) is 10.8 Å². The maximum atomic E-state index is 9.99. The van der Waals surface area contributed by atoms with E-state index in [1.54, 1.807) is 4.90 Å². The van der Waals surface area contributed by atoms with Crippen LogP contribution in [0.25, 0.3) is 88.0 Å². The zero-order valence-corrected chi connectivity index (χ0v) is 33.1. The van der Waals surface area contributed by atoms with Gasteiger partial charge in [0.05, 0.1) is 15.3 Å². The van der Waals surface area contributed by atoms with Gasteiger partial charge in [0, 0.05) is 16.9 Å². The Hall–Kier alpha value is -8.00. The lowest BCUT2D eigenvalue weighted by atomic mass is 9.89. The van der Waals surface area contributed by atoms with Crippen molar-refractivity contribution in [3.63, 3.8) is 0 Å². The number of anilines is 3. The first-order chi connectivity index (χ1) is 33.2. The van der Waals surface area contributed by atoms with Crippen LogP contribution in [0.1, 0.15) is 9.60 Å². The monoisotopic (exact) mass is 782 g/mol. The van der Waals surface area contributed by atoms with E-state index in [-0.39, 0.29) is 64.8 Å². The Morgan fingerprint density at radius 2 is 0.803 bits per heavy atom. The molecule has 11 aromatic rings. The van der Waals surface area contributed by atoms with E-state index in [0.29, 0.717) is 27.9 Å². The van der Waals surface area contributed by atoms with E-state index in [1.807, 2.05) is 164 Å². The first-order valence-corrected chi connectivity index (χ1v) is 20.4. The average molecular weight is 783 g/mol. The van der Waals surface area contributed by atoms with Gasteiger partial charge in [-0.15, -0.1) is 0 Å². The number of rotatable bonds is 8. The van der Waals surface area contributed by atoms with Crippen molar-refractivity contribution in [3.05, 3.63) is 249 Å². The third-order valence-electron chi connectivity index (χ3n) is 11.4. The highest BCUT2D eigenvalue weighted by Crippen LogP contribution is 2.45. The number of hydrogen-bond acceptors (Lipinski definition) is 1. The highest BCUT2D eigenvalue weighted by molar-refractivity contribution is 6.08. The standard InChI is InChI=1S/C60H41N/c1-4-14-42(15-5-1)50-32-39-59(58(41-50)45-18-8-3-9-19-45)61(52-33-26-43(27-34-52)49-31-37-55-51(40-49)25-24-46-20-10-12-22-54(46)55)53-35-28-48(29-36-53)60-56-23-13-11-21-47(56)30-38-57(60)44-16-6-2-7-17-44/h1-41H/i28D,29D,32D,35D,36D,39D,41D. The minimum absolute atomic E-state index is 0.00107. The Bertz CT molecular complexity index is 3720. The Labute approximate surface area is 366 Å². The molecule has 286 valence electrons. The molecule has 0 heterocycles. The molecule has 0 fully saturated rings. The van der Waals surface area contributed by atoms with E-state index in [9.17, 15) is 9.60 Å². The van der Waals surface area contributed by atoms with Gasteiger partial charge >= 0.3 is 0 Å². The summed E-state index contributed by atoms with van der Waals surface area (Å²) < 4.78 is 69.2. The summed E-state index contributed by atoms with van der Waals surface area (Å²) in [6, 6.07) is 64.9. The quantitative estimate of drug-likeness (QED) is 0.139. The molecule has 0 N–H and O–H groups in total. The first kappa shape index (κ1) is 29.2. The molecule has 0 atom stereocenters. The molecule has 0 aliphatic heterocycles. The number of hydrogen-bond donors (Lipinski definition) is 0. The van der Waals surface area contributed by atoms with Crippen LogP contribution in [0.15, 0.2) is 249 Å². The molecule has 0 spiro atoms. The van der Waals surface area contributed by atoms with Gasteiger partial charge in [0.1, 0.15) is 0 Å². The molecule has 11 aromatic carbocycles. The SMILES string of the molecule is [2H]c1c([2H])c(N(c2ccc(-c3ccc4c(ccc5ccccc54)c3)cc2)c2c([2H])c([2H])c(-c3c(-c4ccccc4)ccc4ccccc34)c([2H])c2[2H])c(-c2ccccc2)c([2H])c1-c1ccccc1. The topological polar surface area (TPSA) is 3.24 Å². The van der Waals surface area contributed by atoms with Crippen molar-refractivity contribution in [3.8, 4) is 55.6 Å². The fourth-order valence-corrected chi connectivity index (χ4v) is 8.44. The normalized spacial score (nSPS) is 12.9. The molecule has 61 heavy (non-hydrogen) atoms. The molecule has 0 bridgehead atoms. The van der Waals surface area contributed by atoms with Crippen LogP contribution in [0.2, 0.25) is 0 Å². The van der Waals surface area contributed by atoms with Gasteiger partial charge in [-0.1, -0.05) is 206 Å². The van der Waals surface area contributed by atoms with E-state index >= 15 is 0 Å². The molecule has 11 rings (SSSR count). The van der Waals surface area contributed by atoms with Crippen molar-refractivity contribution in [2.75, 3.05) is 4.90 Å². The summed E-state index contributed by atoms with van der Waals surface area (Å²) in [6.45, 7) is 0. The van der Waals surface area contributed by atoms with Gasteiger partial charge < -0.3 is 4.90 Å². The van der Waals surface area contributed by atoms with Crippen LogP contribution in [-0.4, -0.2) is 0 Å². The van der Waals surface area contributed by atoms with Crippen LogP contribution < -0.4 is 4.90 Å². The van der Waals surface area contributed by atoms with Gasteiger partial charge in [0.15, 0.2) is 0 Å². The van der Waals surface area contributed by atoms with Crippen molar-refractivity contribution in [1.82, 2.24) is 0 Å². The minimum atomic E-state index is -0.331. The summed E-state index contributed by atoms with van der Waals surface area (Å²) in [4.78, 5) is 1.57. The fraction of sp³-hybridized carbons (Fsp3) is 0. The van der Waals surface area contributed by atoms with E-state index < -0.39 is 0 Å². The molecule has 0 radical (unpaired) electrons. The molecular weight excluding hydrogens is 735 g/mol. The second-order valence-corrected chi connectivity index (χ2v) is 15.1. The summed E-state index contributed by atoms with van der Waals surface area (Å²) >= 11 is 0. The van der Waals surface area contributed by atoms with Gasteiger partial charge in [-0.3, -0.25) is 0 Å². The summed E-state index contributed by atoms with van der Waals surface area (Å²) in [5.74, 6) is 0. The second kappa shape index (κ2) is 15.6. The van der Waals surface area contributed by atoms with Crippen molar-refractivity contribution < 1.29 is 9.60 Å². The molecule has 1 heteroatoms. The fourth-order valence-electron chi connectivity index (χ4n) is 8.44. The smallest absolute Gasteiger partial charge is 0.0645 e. The molecule has 0 aliphatic rings. The van der Waals surface area contributed by atoms with Crippen molar-refractivity contribution >= 4 is 49.4 Å². The van der Waals surface area contributed by atoms with E-state index in [4.69, 9.17) is 0 Å². The van der Waals surface area contributed by atoms with E-state index in [0.717, 1.165) is 43.8 Å². The lowest BCUT2D eigenvalue weighted by Gasteiger charge is -2.29. The average Bonchev–Trinajstić information content (AvgIpc) is 3.39. The molecule has 0 aliphatic carbocycles. The summed E-state index contributed by atoms with van der Waals surface area (Å²) in [6.07, 6.45) is 0. The van der Waals surface area contributed by atoms with Gasteiger partial charge in [0.25, 0.3) is 0 Å². The van der Waals surface area contributed by atoms with Gasteiger partial charge in [-0.05, 0) is 125 Å². The van der Waals surface area contributed by atoms with Crippen molar-refractivity contribution in [2.24, 2.45) is 0 Å². The second-order valence-electron chi connectivity index (χ2n) is 15.1. The van der Waals surface area contributed by atoms with Crippen LogP contribution in [0.5, 0.6) is 0 Å². The Morgan fingerprint density at radius 1 is 0.295 bits per heavy atom. The largest absolute Gasteiger partial charge is 0.310 e. The van der Waals surface area contributed by atoms with Crippen LogP contribution in [0, 0.1) is 0 Å². The summed E-state index contributed by atoms with van der Waals surface area (Å²) in [5.41, 5.74) is 6.46. The van der Waals surface area contributed by atoms with Gasteiger partial charge in [-0.25, -0.2) is 0 Å². The van der Waals surface area contributed by atoms with Crippen LogP contribution >= 0.6 is 0 Å². The number of benzene rings is 11. The number of nitrogens with zero attached hydrogens (tertiary/aromatic N) is 1. The van der Waals surface area contributed by atoms with Crippen LogP contribution in [0.4, 0.5) is 17.1 Å². The predicted molar refractivity (Wildman–Crippen MR) is 261 cm³/mol. The van der Waals surface area contributed by atoms with Gasteiger partial charge in [0.2, 0.25) is 0 Å². The van der Waals surface area contributed by atoms with Crippen LogP contribution in [-0.2, 0) is 0 Å². The zero-order chi connectivity index (χ0) is 46.6. The third-order valence-corrected chi connectivity index (χ3v) is 11.4. The predicted octanol–water partition coefficient (Wildman–Crippen LogP) is 17.0. The highest BCUT2D eigenvalue weighted by atomic mass is 15.1. The lowest BCUT2D eigenvalue weighted by Crippen LogP contribution is -2.11. The molecule has 0 amide bonds. The Balaban J connectivity index is 1.18. The molecule has 0 saturated heterocycles. The molecule has 0 aromatic heterocycles. The molecule has 1 nitrogen and oxygen atoms in total. The Kier molecular flexibility index (Phi) is 7.50. The summed E-state index contributed by atoms with van der Waals surface area (Å²) in [5, 5.41) is 6.25. The van der Waals surface area contributed by atoms with Crippen molar-refractivity contribution in [2.45, 2.75) is 0 Å². The lowest BCUT2D eigenvalue weighted by molar-refractivity contribution is 1.28. The highest BCUT2D eigenvalue weighted by Gasteiger charge is 2.20. The molecular formula is C60H41N. The summed E-state index contributed by atoms with van der Waals surface area (Å²) in [7, 11) is 0. The molecule has 0 unspecified atom stereocenters. The number of fused-ring (bicyclic) bond motifs is 4. The van der Waals surface area contributed by atoms with E-state index in [2.05, 4.69) is 42.5 Å². The zero-order valence-electron chi connectivity index (χ0n) is 40.1. The molecule has 0 saturated carbocycles. The maximum Gasteiger partial charge on any atom is 0.0645 e. The Morgan fingerprint density at radius 3 is 1.51 bits per heavy atom. The van der Waals surface area contributed by atoms with Gasteiger partial charge in [-0.2, -0.15) is 0 Å². The first-order valence-electron chi connectivity index (χ1n) is 23.9. The minimum Gasteiger partial charge on any atom is -0.310 e. The van der Waals surface area contributed by atoms with Crippen LogP contribution in [0.3, 0.4) is 0 Å². The van der Waals surface area contributed by atoms with Crippen molar-refractivity contribution in [1.29, 1.82) is 0 Å². The maximum absolute atomic E-state index is 9.99. The third kappa shape index (κ3) is 6.83.